The number of aryl methyl sites for hydroxylation is 1. The van der Waals surface area contributed by atoms with Crippen LogP contribution in [0.1, 0.15) is 46.6 Å². The van der Waals surface area contributed by atoms with E-state index in [0.29, 0.717) is 52.4 Å². The molecule has 1 fully saturated rings. The van der Waals surface area contributed by atoms with E-state index in [1.807, 2.05) is 30.0 Å². The normalized spacial score (nSPS) is 15.4. The number of aromatic nitrogens is 5. The Bertz CT molecular complexity index is 1550. The van der Waals surface area contributed by atoms with Gasteiger partial charge in [0.1, 0.15) is 28.4 Å². The first-order valence-electron chi connectivity index (χ1n) is 12.8. The van der Waals surface area contributed by atoms with Crippen LogP contribution in [0.2, 0.25) is 0 Å². The molecule has 0 saturated carbocycles. The van der Waals surface area contributed by atoms with Gasteiger partial charge in [-0.2, -0.15) is 5.10 Å². The first-order chi connectivity index (χ1) is 18.8. The van der Waals surface area contributed by atoms with Crippen LogP contribution in [0.15, 0.2) is 53.4 Å². The molecule has 2 amide bonds. The molecule has 39 heavy (non-hydrogen) atoms. The third kappa shape index (κ3) is 6.03. The molecule has 11 heteroatoms. The van der Waals surface area contributed by atoms with E-state index in [0.717, 1.165) is 24.0 Å². The number of halogens is 1. The molecule has 4 heterocycles. The molecule has 0 aliphatic carbocycles. The van der Waals surface area contributed by atoms with Crippen molar-refractivity contribution in [2.45, 2.75) is 33.2 Å². The molecule has 1 aliphatic heterocycles. The average molecular weight is 590 g/mol. The summed E-state index contributed by atoms with van der Waals surface area (Å²) in [6.07, 6.45) is 5.26. The van der Waals surface area contributed by atoms with Gasteiger partial charge in [-0.3, -0.25) is 19.1 Å². The van der Waals surface area contributed by atoms with Crippen molar-refractivity contribution in [2.75, 3.05) is 19.6 Å². The second-order valence-electron chi connectivity index (χ2n) is 9.72. The lowest BCUT2D eigenvalue weighted by Crippen LogP contribution is -2.45. The summed E-state index contributed by atoms with van der Waals surface area (Å²) in [6, 6.07) is 10.9. The predicted molar refractivity (Wildman–Crippen MR) is 149 cm³/mol. The third-order valence-electron chi connectivity index (χ3n) is 6.85. The summed E-state index contributed by atoms with van der Waals surface area (Å²) in [5, 5.41) is 8.14. The molecule has 1 saturated heterocycles. The fourth-order valence-corrected chi connectivity index (χ4v) is 5.17. The zero-order valence-electron chi connectivity index (χ0n) is 21.7. The van der Waals surface area contributed by atoms with E-state index in [1.165, 1.54) is 6.92 Å². The molecule has 0 spiro atoms. The number of hydrogen-bond donors (Lipinski definition) is 1. The molecule has 5 rings (SSSR count). The summed E-state index contributed by atoms with van der Waals surface area (Å²) in [4.78, 5) is 52.7. The van der Waals surface area contributed by atoms with Crippen molar-refractivity contribution in [1.29, 1.82) is 0 Å². The van der Waals surface area contributed by atoms with Crippen molar-refractivity contribution in [1.82, 2.24) is 34.9 Å². The number of benzene rings is 1. The highest BCUT2D eigenvalue weighted by Crippen LogP contribution is 2.27. The van der Waals surface area contributed by atoms with E-state index in [-0.39, 0.29) is 30.1 Å². The molecule has 1 unspecified atom stereocenters. The summed E-state index contributed by atoms with van der Waals surface area (Å²) in [6.45, 7) is 4.97. The van der Waals surface area contributed by atoms with Gasteiger partial charge in [0.15, 0.2) is 5.78 Å². The van der Waals surface area contributed by atoms with Gasteiger partial charge in [0.25, 0.3) is 5.91 Å². The average Bonchev–Trinajstić information content (AvgIpc) is 3.30. The molecule has 4 aromatic rings. The van der Waals surface area contributed by atoms with Gasteiger partial charge in [0.2, 0.25) is 5.91 Å². The van der Waals surface area contributed by atoms with Gasteiger partial charge in [-0.1, -0.05) is 12.1 Å². The zero-order chi connectivity index (χ0) is 27.5. The highest BCUT2D eigenvalue weighted by atomic mass is 79.9. The fraction of sp³-hybridized carbons (Fsp3) is 0.321. The molecule has 3 aromatic heterocycles. The van der Waals surface area contributed by atoms with Gasteiger partial charge in [-0.25, -0.2) is 15.0 Å². The van der Waals surface area contributed by atoms with Crippen molar-refractivity contribution in [2.24, 2.45) is 5.92 Å². The Morgan fingerprint density at radius 1 is 1.10 bits per heavy atom. The van der Waals surface area contributed by atoms with Crippen LogP contribution in [0, 0.1) is 12.8 Å². The van der Waals surface area contributed by atoms with Crippen LogP contribution in [0.25, 0.3) is 22.0 Å². The number of amides is 2. The maximum absolute atomic E-state index is 13.3. The molecule has 1 atom stereocenters. The largest absolute Gasteiger partial charge is 0.350 e. The monoisotopic (exact) mass is 589 g/mol. The van der Waals surface area contributed by atoms with Crippen molar-refractivity contribution in [3.8, 4) is 11.1 Å². The highest BCUT2D eigenvalue weighted by Gasteiger charge is 2.26. The Hall–Kier alpha value is -3.99. The number of nitrogens with zero attached hydrogens (tertiary/aromatic N) is 6. The first-order valence-corrected chi connectivity index (χ1v) is 13.6. The number of piperidine rings is 1. The predicted octanol–water partition coefficient (Wildman–Crippen LogP) is 3.83. The van der Waals surface area contributed by atoms with Crippen LogP contribution in [0.5, 0.6) is 0 Å². The van der Waals surface area contributed by atoms with Crippen LogP contribution in [0.3, 0.4) is 0 Å². The molecule has 1 aliphatic rings. The van der Waals surface area contributed by atoms with Crippen LogP contribution in [-0.4, -0.2) is 66.9 Å². The van der Waals surface area contributed by atoms with Gasteiger partial charge >= 0.3 is 0 Å². The van der Waals surface area contributed by atoms with Crippen LogP contribution in [-0.2, 0) is 11.3 Å². The Labute approximate surface area is 234 Å². The molecule has 1 N–H and O–H groups in total. The Morgan fingerprint density at radius 3 is 2.64 bits per heavy atom. The third-order valence-corrected chi connectivity index (χ3v) is 7.30. The number of carbonyl (C=O) groups excluding carboxylic acids is 3. The molecular weight excluding hydrogens is 562 g/mol. The summed E-state index contributed by atoms with van der Waals surface area (Å²) in [5.74, 6) is 0.336. The van der Waals surface area contributed by atoms with E-state index in [1.54, 1.807) is 35.3 Å². The van der Waals surface area contributed by atoms with E-state index in [2.05, 4.69) is 41.3 Å². The van der Waals surface area contributed by atoms with Gasteiger partial charge < -0.3 is 10.2 Å². The summed E-state index contributed by atoms with van der Waals surface area (Å²) < 4.78 is 2.21. The highest BCUT2D eigenvalue weighted by molar-refractivity contribution is 9.10. The first kappa shape index (κ1) is 26.6. The molecule has 200 valence electrons. The smallest absolute Gasteiger partial charge is 0.269 e. The van der Waals surface area contributed by atoms with Crippen molar-refractivity contribution in [3.63, 3.8) is 0 Å². The summed E-state index contributed by atoms with van der Waals surface area (Å²) in [5.41, 5.74) is 3.09. The van der Waals surface area contributed by atoms with Gasteiger partial charge in [0.05, 0.1) is 5.52 Å². The van der Waals surface area contributed by atoms with Gasteiger partial charge in [-0.15, -0.1) is 0 Å². The van der Waals surface area contributed by atoms with Gasteiger partial charge in [-0.05, 0) is 71.4 Å². The van der Waals surface area contributed by atoms with E-state index < -0.39 is 0 Å². The maximum Gasteiger partial charge on any atom is 0.269 e. The topological polar surface area (TPSA) is 123 Å². The Morgan fingerprint density at radius 2 is 1.90 bits per heavy atom. The summed E-state index contributed by atoms with van der Waals surface area (Å²) in [7, 11) is 0. The minimum absolute atomic E-state index is 0.0256. The van der Waals surface area contributed by atoms with Crippen molar-refractivity contribution < 1.29 is 14.4 Å². The Kier molecular flexibility index (Phi) is 7.78. The lowest BCUT2D eigenvalue weighted by atomic mass is 9.98. The number of rotatable bonds is 7. The second kappa shape index (κ2) is 11.4. The molecule has 0 radical (unpaired) electrons. The number of fused-ring (bicyclic) bond motifs is 1. The second-order valence-corrected chi connectivity index (χ2v) is 10.5. The number of likely N-dealkylation sites (tertiary alicyclic amines) is 1. The molecular formula is C28H28BrN7O3. The maximum atomic E-state index is 13.3. The number of nitrogens with one attached hydrogen (secondary N) is 1. The number of carbonyl (C=O) groups is 3. The van der Waals surface area contributed by atoms with E-state index in [9.17, 15) is 14.4 Å². The molecule has 1 aromatic carbocycles. The fourth-order valence-electron chi connectivity index (χ4n) is 4.83. The minimum Gasteiger partial charge on any atom is -0.350 e. The van der Waals surface area contributed by atoms with E-state index in [4.69, 9.17) is 0 Å². The van der Waals surface area contributed by atoms with Crippen molar-refractivity contribution in [3.05, 3.63) is 70.6 Å². The van der Waals surface area contributed by atoms with Crippen LogP contribution >= 0.6 is 15.9 Å². The van der Waals surface area contributed by atoms with Gasteiger partial charge in [0, 0.05) is 49.9 Å². The van der Waals surface area contributed by atoms with Crippen molar-refractivity contribution >= 4 is 44.4 Å². The summed E-state index contributed by atoms with van der Waals surface area (Å²) >= 11 is 3.28. The molecule has 0 bridgehead atoms. The lowest BCUT2D eigenvalue weighted by molar-refractivity contribution is -0.133. The standard InChI is InChI=1S/C28H28BrN7O3/c1-17(37)27-22-11-20(21-13-30-18(2)31-14-21)8-9-24(22)36(34-27)16-26(38)35-10-4-5-19(15-35)12-32-28(39)23-6-3-7-25(29)33-23/h3,6-9,11,13-14,19H,4-5,10,12,15-16H2,1-2H3,(H,32,39). The Balaban J connectivity index is 1.28. The number of Topliss-reactive ketones (excluding diaryl/α,β-unsaturated/α-hetero) is 1. The lowest BCUT2D eigenvalue weighted by Gasteiger charge is -2.33. The molecule has 10 nitrogen and oxygen atoms in total. The number of hydrogen-bond acceptors (Lipinski definition) is 7. The quantitative estimate of drug-likeness (QED) is 0.256. The minimum atomic E-state index is -0.240. The van der Waals surface area contributed by atoms with E-state index >= 15 is 0 Å². The SMILES string of the molecule is CC(=O)c1nn(CC(=O)N2CCCC(CNC(=O)c3cccc(Br)n3)C2)c2ccc(-c3cnc(C)nc3)cc12. The van der Waals surface area contributed by atoms with Crippen LogP contribution < -0.4 is 5.32 Å². The van der Waals surface area contributed by atoms with Crippen LogP contribution in [0.4, 0.5) is 0 Å². The number of pyridine rings is 1. The zero-order valence-corrected chi connectivity index (χ0v) is 23.3. The number of ketones is 1.